The van der Waals surface area contributed by atoms with Crippen LogP contribution in [-0.2, 0) is 0 Å². The van der Waals surface area contributed by atoms with E-state index in [1.165, 1.54) is 0 Å². The predicted octanol–water partition coefficient (Wildman–Crippen LogP) is 3.38. The molecule has 0 aromatic carbocycles. The molecular formula is C9H9Cl2N. The fourth-order valence-corrected chi connectivity index (χ4v) is 1.11. The van der Waals surface area contributed by atoms with E-state index in [-0.39, 0.29) is 0 Å². The van der Waals surface area contributed by atoms with Crippen LogP contribution in [0.3, 0.4) is 0 Å². The van der Waals surface area contributed by atoms with Gasteiger partial charge in [0.2, 0.25) is 0 Å². The molecule has 0 aliphatic carbocycles. The monoisotopic (exact) mass is 201 g/mol. The van der Waals surface area contributed by atoms with E-state index in [2.05, 4.69) is 4.98 Å². The zero-order chi connectivity index (χ0) is 8.81. The lowest BCUT2D eigenvalue weighted by Gasteiger charge is -1.92. The number of pyridine rings is 1. The molecule has 1 rings (SSSR count). The summed E-state index contributed by atoms with van der Waals surface area (Å²) >= 11 is 11.2. The second-order valence-electron chi connectivity index (χ2n) is 2.29. The lowest BCUT2D eigenvalue weighted by atomic mass is 10.2. The third-order valence-electron chi connectivity index (χ3n) is 1.34. The number of alkyl halides is 1. The predicted molar refractivity (Wildman–Crippen MR) is 53.6 cm³/mol. The number of hydrogen-bond acceptors (Lipinski definition) is 1. The second-order valence-corrected chi connectivity index (χ2v) is 3.06. The summed E-state index contributed by atoms with van der Waals surface area (Å²) in [7, 11) is 0. The van der Waals surface area contributed by atoms with Crippen LogP contribution in [0.25, 0.3) is 6.08 Å². The Morgan fingerprint density at radius 3 is 3.00 bits per heavy atom. The topological polar surface area (TPSA) is 12.9 Å². The van der Waals surface area contributed by atoms with Crippen LogP contribution in [0, 0.1) is 0 Å². The minimum Gasteiger partial charge on any atom is -0.245 e. The highest BCUT2D eigenvalue weighted by Gasteiger charge is 1.88. The molecule has 0 N–H and O–H groups in total. The van der Waals surface area contributed by atoms with Gasteiger partial charge in [0.25, 0.3) is 0 Å². The quantitative estimate of drug-likeness (QED) is 0.540. The molecule has 12 heavy (non-hydrogen) atoms. The first-order valence-corrected chi connectivity index (χ1v) is 4.58. The highest BCUT2D eigenvalue weighted by molar-refractivity contribution is 6.29. The third kappa shape index (κ3) is 3.24. The Morgan fingerprint density at radius 1 is 1.50 bits per heavy atom. The Bertz CT molecular complexity index is 271. The van der Waals surface area contributed by atoms with Gasteiger partial charge >= 0.3 is 0 Å². The van der Waals surface area contributed by atoms with E-state index in [1.807, 2.05) is 24.3 Å². The minimum atomic E-state index is 0.517. The van der Waals surface area contributed by atoms with Gasteiger partial charge in [-0.2, -0.15) is 0 Å². The number of nitrogens with zero attached hydrogens (tertiary/aromatic N) is 1. The van der Waals surface area contributed by atoms with E-state index in [0.717, 1.165) is 12.0 Å². The Morgan fingerprint density at radius 2 is 2.33 bits per heavy atom. The Labute approximate surface area is 82.0 Å². The van der Waals surface area contributed by atoms with Gasteiger partial charge in [0.15, 0.2) is 0 Å². The maximum Gasteiger partial charge on any atom is 0.129 e. The van der Waals surface area contributed by atoms with Crippen LogP contribution < -0.4 is 0 Å². The number of aromatic nitrogens is 1. The average Bonchev–Trinajstić information content (AvgIpc) is 2.05. The first-order valence-electron chi connectivity index (χ1n) is 3.67. The third-order valence-corrected chi connectivity index (χ3v) is 1.76. The molecule has 0 bridgehead atoms. The van der Waals surface area contributed by atoms with E-state index in [1.54, 1.807) is 6.20 Å². The molecule has 64 valence electrons. The van der Waals surface area contributed by atoms with Gasteiger partial charge in [0.1, 0.15) is 5.15 Å². The van der Waals surface area contributed by atoms with E-state index in [4.69, 9.17) is 23.2 Å². The molecule has 0 saturated carbocycles. The molecule has 0 aliphatic rings. The molecule has 1 nitrogen and oxygen atoms in total. The van der Waals surface area contributed by atoms with Gasteiger partial charge in [-0.3, -0.25) is 0 Å². The van der Waals surface area contributed by atoms with Crippen LogP contribution in [-0.4, -0.2) is 10.9 Å². The van der Waals surface area contributed by atoms with Gasteiger partial charge < -0.3 is 0 Å². The van der Waals surface area contributed by atoms with Crippen molar-refractivity contribution in [3.05, 3.63) is 35.1 Å². The summed E-state index contributed by atoms with van der Waals surface area (Å²) in [6.07, 6.45) is 6.55. The van der Waals surface area contributed by atoms with Gasteiger partial charge in [-0.05, 0) is 24.1 Å². The zero-order valence-electron chi connectivity index (χ0n) is 6.50. The largest absolute Gasteiger partial charge is 0.245 e. The molecule has 0 radical (unpaired) electrons. The van der Waals surface area contributed by atoms with Crippen molar-refractivity contribution in [2.75, 3.05) is 5.88 Å². The first-order chi connectivity index (χ1) is 5.83. The van der Waals surface area contributed by atoms with Gasteiger partial charge in [-0.15, -0.1) is 11.6 Å². The van der Waals surface area contributed by atoms with E-state index in [0.29, 0.717) is 11.0 Å². The molecule has 0 amide bonds. The van der Waals surface area contributed by atoms with Crippen molar-refractivity contribution in [3.63, 3.8) is 0 Å². The van der Waals surface area contributed by atoms with Crippen molar-refractivity contribution in [1.82, 2.24) is 4.98 Å². The van der Waals surface area contributed by atoms with Crippen LogP contribution in [0.1, 0.15) is 12.0 Å². The maximum atomic E-state index is 5.69. The van der Waals surface area contributed by atoms with E-state index in [9.17, 15) is 0 Å². The molecule has 1 aromatic heterocycles. The van der Waals surface area contributed by atoms with Crippen LogP contribution in [0.4, 0.5) is 0 Å². The van der Waals surface area contributed by atoms with Crippen LogP contribution in [0.2, 0.25) is 5.15 Å². The van der Waals surface area contributed by atoms with E-state index >= 15 is 0 Å². The van der Waals surface area contributed by atoms with Crippen LogP contribution in [0.5, 0.6) is 0 Å². The van der Waals surface area contributed by atoms with Gasteiger partial charge in [-0.25, -0.2) is 4.98 Å². The molecular weight excluding hydrogens is 193 g/mol. The summed E-state index contributed by atoms with van der Waals surface area (Å²) in [4.78, 5) is 3.87. The Kier molecular flexibility index (Phi) is 4.12. The van der Waals surface area contributed by atoms with Crippen LogP contribution >= 0.6 is 23.2 Å². The van der Waals surface area contributed by atoms with Crippen molar-refractivity contribution in [1.29, 1.82) is 0 Å². The smallest absolute Gasteiger partial charge is 0.129 e. The van der Waals surface area contributed by atoms with Crippen LogP contribution in [0.15, 0.2) is 24.4 Å². The molecule has 0 fully saturated rings. The highest BCUT2D eigenvalue weighted by Crippen LogP contribution is 2.08. The number of rotatable bonds is 3. The number of allylic oxidation sites excluding steroid dienone is 1. The molecule has 3 heteroatoms. The average molecular weight is 202 g/mol. The minimum absolute atomic E-state index is 0.517. The van der Waals surface area contributed by atoms with Crippen molar-refractivity contribution in [2.45, 2.75) is 6.42 Å². The standard InChI is InChI=1S/C9H9Cl2N/c10-5-2-1-3-8-4-6-12-9(11)7-8/h1,3-4,6-7H,2,5H2. The molecule has 0 aliphatic heterocycles. The lowest BCUT2D eigenvalue weighted by Crippen LogP contribution is -1.76. The molecule has 0 atom stereocenters. The van der Waals surface area contributed by atoms with E-state index < -0.39 is 0 Å². The Hall–Kier alpha value is -0.530. The van der Waals surface area contributed by atoms with Crippen molar-refractivity contribution >= 4 is 29.3 Å². The fourth-order valence-electron chi connectivity index (χ4n) is 0.804. The lowest BCUT2D eigenvalue weighted by molar-refractivity contribution is 1.24. The summed E-state index contributed by atoms with van der Waals surface area (Å²) in [5.74, 6) is 0.648. The molecule has 1 heterocycles. The van der Waals surface area contributed by atoms with Crippen molar-refractivity contribution < 1.29 is 0 Å². The van der Waals surface area contributed by atoms with Gasteiger partial charge in [-0.1, -0.05) is 23.8 Å². The van der Waals surface area contributed by atoms with Gasteiger partial charge in [0, 0.05) is 12.1 Å². The Balaban J connectivity index is 2.63. The molecule has 1 aromatic rings. The summed E-state index contributed by atoms with van der Waals surface area (Å²) in [5, 5.41) is 0.517. The molecule has 0 spiro atoms. The molecule has 0 unspecified atom stereocenters. The van der Waals surface area contributed by atoms with Crippen molar-refractivity contribution in [3.8, 4) is 0 Å². The summed E-state index contributed by atoms with van der Waals surface area (Å²) in [6, 6.07) is 3.71. The first kappa shape index (κ1) is 9.56. The number of halogens is 2. The fraction of sp³-hybridized carbons (Fsp3) is 0.222. The second kappa shape index (κ2) is 5.18. The highest BCUT2D eigenvalue weighted by atomic mass is 35.5. The maximum absolute atomic E-state index is 5.69. The zero-order valence-corrected chi connectivity index (χ0v) is 8.02. The SMILES string of the molecule is ClCCC=Cc1ccnc(Cl)c1. The summed E-state index contributed by atoms with van der Waals surface area (Å²) < 4.78 is 0. The van der Waals surface area contributed by atoms with Crippen molar-refractivity contribution in [2.24, 2.45) is 0 Å². The normalized spacial score (nSPS) is 10.8. The van der Waals surface area contributed by atoms with Gasteiger partial charge in [0.05, 0.1) is 0 Å². The summed E-state index contributed by atoms with van der Waals surface area (Å²) in [6.45, 7) is 0. The molecule has 0 saturated heterocycles. The number of hydrogen-bond donors (Lipinski definition) is 0. The summed E-state index contributed by atoms with van der Waals surface area (Å²) in [5.41, 5.74) is 1.06.